The summed E-state index contributed by atoms with van der Waals surface area (Å²) in [7, 11) is 0. The Morgan fingerprint density at radius 2 is 1.84 bits per heavy atom. The molecule has 2 aliphatic rings. The number of hydrogen-bond donors (Lipinski definition) is 0. The molecule has 0 aliphatic heterocycles. The molecule has 0 aromatic heterocycles. The highest BCUT2D eigenvalue weighted by Gasteiger charge is 2.21. The van der Waals surface area contributed by atoms with Crippen LogP contribution in [0.2, 0.25) is 0 Å². The van der Waals surface area contributed by atoms with Crippen LogP contribution in [0.3, 0.4) is 0 Å². The standard InChI is InChI=1S/C31H34O/c1-5-25-12-10-13-26(18-17-25)24-32-30(6-2)16-11-23-31(3,4)29-21-19-28(20-22-29)27-14-8-7-9-15-27/h5-9,11-19,21,23H,1-2,10,20,22,24H2,3-4H3/b23-11+,30-16+. The molecule has 3 rings (SSSR count). The van der Waals surface area contributed by atoms with Gasteiger partial charge in [0.2, 0.25) is 0 Å². The maximum atomic E-state index is 5.98. The van der Waals surface area contributed by atoms with E-state index in [1.807, 2.05) is 12.2 Å². The van der Waals surface area contributed by atoms with Crippen molar-refractivity contribution in [1.29, 1.82) is 0 Å². The smallest absolute Gasteiger partial charge is 0.119 e. The van der Waals surface area contributed by atoms with Crippen molar-refractivity contribution in [2.24, 2.45) is 5.41 Å². The van der Waals surface area contributed by atoms with Gasteiger partial charge in [0.05, 0.1) is 0 Å². The number of ether oxygens (including phenoxy) is 1. The lowest BCUT2D eigenvalue weighted by atomic mass is 9.78. The summed E-state index contributed by atoms with van der Waals surface area (Å²) in [6, 6.07) is 10.6. The van der Waals surface area contributed by atoms with Crippen LogP contribution in [0.15, 0.2) is 133 Å². The quantitative estimate of drug-likeness (QED) is 0.286. The predicted molar refractivity (Wildman–Crippen MR) is 139 cm³/mol. The molecular formula is C31H34O. The molecule has 1 aromatic rings. The number of benzene rings is 1. The maximum absolute atomic E-state index is 5.98. The molecule has 0 saturated heterocycles. The minimum Gasteiger partial charge on any atom is -0.489 e. The Hall–Kier alpha value is -3.32. The second-order valence-corrected chi connectivity index (χ2v) is 8.65. The molecule has 32 heavy (non-hydrogen) atoms. The minimum absolute atomic E-state index is 0.0131. The Kier molecular flexibility index (Phi) is 8.27. The Morgan fingerprint density at radius 1 is 1.03 bits per heavy atom. The van der Waals surface area contributed by atoms with Crippen molar-refractivity contribution >= 4 is 5.57 Å². The average Bonchev–Trinajstić information content (AvgIpc) is 3.07. The fraction of sp³-hybridized carbons (Fsp3) is 0.226. The van der Waals surface area contributed by atoms with E-state index in [9.17, 15) is 0 Å². The Bertz CT molecular complexity index is 1030. The molecule has 0 heterocycles. The first-order chi connectivity index (χ1) is 15.5. The summed E-state index contributed by atoms with van der Waals surface area (Å²) in [6.45, 7) is 12.8. The SMILES string of the molecule is C=CC1=CCC=C(CO/C(C=C)=C/C=C/C(C)(C)C2=CC=C(c3ccccc3)CC2)C=C1. The van der Waals surface area contributed by atoms with Crippen molar-refractivity contribution in [2.45, 2.75) is 33.1 Å². The first-order valence-electron chi connectivity index (χ1n) is 11.3. The molecule has 164 valence electrons. The van der Waals surface area contributed by atoms with Crippen LogP contribution in [0.1, 0.15) is 38.7 Å². The van der Waals surface area contributed by atoms with Crippen molar-refractivity contribution in [3.05, 3.63) is 138 Å². The summed E-state index contributed by atoms with van der Waals surface area (Å²) >= 11 is 0. The maximum Gasteiger partial charge on any atom is 0.119 e. The van der Waals surface area contributed by atoms with Crippen LogP contribution in [-0.4, -0.2) is 6.61 Å². The molecule has 0 radical (unpaired) electrons. The molecule has 1 nitrogen and oxygen atoms in total. The van der Waals surface area contributed by atoms with Crippen LogP contribution in [0.25, 0.3) is 5.57 Å². The number of rotatable bonds is 9. The van der Waals surface area contributed by atoms with E-state index in [4.69, 9.17) is 4.74 Å². The van der Waals surface area contributed by atoms with Crippen molar-refractivity contribution in [1.82, 2.24) is 0 Å². The van der Waals surface area contributed by atoms with Crippen molar-refractivity contribution in [2.75, 3.05) is 6.61 Å². The monoisotopic (exact) mass is 422 g/mol. The highest BCUT2D eigenvalue weighted by Crippen LogP contribution is 2.37. The Balaban J connectivity index is 1.60. The minimum atomic E-state index is -0.0131. The fourth-order valence-electron chi connectivity index (χ4n) is 3.84. The molecule has 2 aliphatic carbocycles. The van der Waals surface area contributed by atoms with Gasteiger partial charge in [0.25, 0.3) is 0 Å². The van der Waals surface area contributed by atoms with Gasteiger partial charge in [-0.05, 0) is 53.7 Å². The molecule has 1 heteroatoms. The van der Waals surface area contributed by atoms with Crippen LogP contribution >= 0.6 is 0 Å². The zero-order valence-corrected chi connectivity index (χ0v) is 19.4. The molecule has 0 spiro atoms. The topological polar surface area (TPSA) is 9.23 Å². The van der Waals surface area contributed by atoms with Gasteiger partial charge in [-0.2, -0.15) is 0 Å². The third kappa shape index (κ3) is 6.59. The molecule has 1 aromatic carbocycles. The summed E-state index contributed by atoms with van der Waals surface area (Å²) < 4.78 is 5.98. The van der Waals surface area contributed by atoms with E-state index >= 15 is 0 Å². The fourth-order valence-corrected chi connectivity index (χ4v) is 3.84. The lowest BCUT2D eigenvalue weighted by molar-refractivity contribution is 0.255. The van der Waals surface area contributed by atoms with Crippen LogP contribution in [0, 0.1) is 5.41 Å². The average molecular weight is 423 g/mol. The van der Waals surface area contributed by atoms with Crippen LogP contribution in [0.5, 0.6) is 0 Å². The lowest BCUT2D eigenvalue weighted by Crippen LogP contribution is -2.13. The molecule has 0 atom stereocenters. The highest BCUT2D eigenvalue weighted by molar-refractivity contribution is 5.69. The van der Waals surface area contributed by atoms with E-state index in [-0.39, 0.29) is 5.41 Å². The Morgan fingerprint density at radius 3 is 2.53 bits per heavy atom. The van der Waals surface area contributed by atoms with Gasteiger partial charge in [0.1, 0.15) is 12.4 Å². The van der Waals surface area contributed by atoms with Crippen molar-refractivity contribution in [3.63, 3.8) is 0 Å². The molecule has 0 saturated carbocycles. The van der Waals surface area contributed by atoms with E-state index < -0.39 is 0 Å². The highest BCUT2D eigenvalue weighted by atomic mass is 16.5. The van der Waals surface area contributed by atoms with E-state index in [2.05, 4.69) is 106 Å². The second-order valence-electron chi connectivity index (χ2n) is 8.65. The largest absolute Gasteiger partial charge is 0.489 e. The zero-order valence-electron chi connectivity index (χ0n) is 19.4. The van der Waals surface area contributed by atoms with Crippen molar-refractivity contribution < 1.29 is 4.74 Å². The number of allylic oxidation sites excluding steroid dienone is 13. The first-order valence-corrected chi connectivity index (χ1v) is 11.3. The summed E-state index contributed by atoms with van der Waals surface area (Å²) in [5, 5.41) is 0. The van der Waals surface area contributed by atoms with Gasteiger partial charge in [-0.15, -0.1) is 0 Å². The van der Waals surface area contributed by atoms with Crippen LogP contribution in [0.4, 0.5) is 0 Å². The van der Waals surface area contributed by atoms with Gasteiger partial charge in [0, 0.05) is 5.41 Å². The third-order valence-corrected chi connectivity index (χ3v) is 5.96. The predicted octanol–water partition coefficient (Wildman–Crippen LogP) is 8.46. The van der Waals surface area contributed by atoms with Gasteiger partial charge in [0.15, 0.2) is 0 Å². The summed E-state index contributed by atoms with van der Waals surface area (Å²) in [6.07, 6.45) is 26.1. The van der Waals surface area contributed by atoms with Crippen LogP contribution < -0.4 is 0 Å². The summed E-state index contributed by atoms with van der Waals surface area (Å²) in [4.78, 5) is 0. The lowest BCUT2D eigenvalue weighted by Gasteiger charge is -2.27. The van der Waals surface area contributed by atoms with E-state index in [0.717, 1.165) is 36.2 Å². The molecular weight excluding hydrogens is 388 g/mol. The van der Waals surface area contributed by atoms with Gasteiger partial charge >= 0.3 is 0 Å². The number of hydrogen-bond acceptors (Lipinski definition) is 1. The second kappa shape index (κ2) is 11.3. The van der Waals surface area contributed by atoms with E-state index in [0.29, 0.717) is 6.61 Å². The molecule has 0 fully saturated rings. The molecule has 0 amide bonds. The van der Waals surface area contributed by atoms with Crippen LogP contribution in [-0.2, 0) is 4.74 Å². The van der Waals surface area contributed by atoms with Gasteiger partial charge in [-0.3, -0.25) is 0 Å². The first kappa shape index (κ1) is 23.3. The summed E-state index contributed by atoms with van der Waals surface area (Å²) in [5.74, 6) is 0.774. The van der Waals surface area contributed by atoms with E-state index in [1.54, 1.807) is 6.08 Å². The van der Waals surface area contributed by atoms with Gasteiger partial charge < -0.3 is 4.74 Å². The van der Waals surface area contributed by atoms with Gasteiger partial charge in [-0.25, -0.2) is 0 Å². The van der Waals surface area contributed by atoms with Crippen molar-refractivity contribution in [3.8, 4) is 0 Å². The van der Waals surface area contributed by atoms with E-state index in [1.165, 1.54) is 16.7 Å². The zero-order chi connectivity index (χ0) is 22.8. The Labute approximate surface area is 193 Å². The third-order valence-electron chi connectivity index (χ3n) is 5.96. The molecule has 0 N–H and O–H groups in total. The van der Waals surface area contributed by atoms with Gasteiger partial charge in [-0.1, -0.05) is 118 Å². The summed E-state index contributed by atoms with van der Waals surface area (Å²) in [5.41, 5.74) is 6.46. The molecule has 0 bridgehead atoms. The normalized spacial score (nSPS) is 17.1. The molecule has 0 unspecified atom stereocenters.